The average molecular weight is 523 g/mol. The highest BCUT2D eigenvalue weighted by molar-refractivity contribution is 7.89. The first-order valence-electron chi connectivity index (χ1n) is 11.8. The molecule has 0 saturated carbocycles. The van der Waals surface area contributed by atoms with Crippen LogP contribution in [0.15, 0.2) is 47.4 Å². The Morgan fingerprint density at radius 2 is 1.89 bits per heavy atom. The van der Waals surface area contributed by atoms with Gasteiger partial charge in [0.1, 0.15) is 5.75 Å². The van der Waals surface area contributed by atoms with Gasteiger partial charge in [0.2, 0.25) is 15.9 Å². The average Bonchev–Trinajstić information content (AvgIpc) is 2.86. The van der Waals surface area contributed by atoms with Gasteiger partial charge in [-0.1, -0.05) is 24.9 Å². The number of hydrogen-bond donors (Lipinski definition) is 1. The Bertz CT molecular complexity index is 1140. The number of rotatable bonds is 10. The Balaban J connectivity index is 1.63. The van der Waals surface area contributed by atoms with E-state index in [2.05, 4.69) is 5.32 Å². The first-order chi connectivity index (χ1) is 16.8. The van der Waals surface area contributed by atoms with Crippen molar-refractivity contribution in [2.24, 2.45) is 5.92 Å². The number of carbonyl (C=O) groups is 2. The number of nitrogens with one attached hydrogen (secondary N) is 1. The van der Waals surface area contributed by atoms with Crippen LogP contribution in [-0.4, -0.2) is 50.9 Å². The third-order valence-electron chi connectivity index (χ3n) is 5.72. The van der Waals surface area contributed by atoms with Gasteiger partial charge < -0.3 is 14.8 Å². The lowest BCUT2D eigenvalue weighted by molar-refractivity contribution is -0.120. The van der Waals surface area contributed by atoms with E-state index in [0.717, 1.165) is 12.8 Å². The third kappa shape index (κ3) is 6.96. The Morgan fingerprint density at radius 1 is 1.14 bits per heavy atom. The molecule has 2 aromatic rings. The smallest absolute Gasteiger partial charge is 0.338 e. The van der Waals surface area contributed by atoms with Crippen LogP contribution in [0, 0.1) is 5.92 Å². The van der Waals surface area contributed by atoms with Crippen molar-refractivity contribution in [3.63, 3.8) is 0 Å². The number of benzene rings is 2. The number of unbranched alkanes of at least 4 members (excludes halogenated alkanes) is 1. The predicted molar refractivity (Wildman–Crippen MR) is 134 cm³/mol. The summed E-state index contributed by atoms with van der Waals surface area (Å²) < 4.78 is 38.2. The molecular weight excluding hydrogens is 492 g/mol. The molecule has 1 heterocycles. The van der Waals surface area contributed by atoms with E-state index >= 15 is 0 Å². The van der Waals surface area contributed by atoms with Crippen LogP contribution in [0.1, 0.15) is 49.9 Å². The van der Waals surface area contributed by atoms with Gasteiger partial charge in [-0.2, -0.15) is 4.31 Å². The Hall–Kier alpha value is -2.62. The van der Waals surface area contributed by atoms with Gasteiger partial charge >= 0.3 is 5.97 Å². The standard InChI is InChI=1S/C25H31ClN2O6S/c1-3-5-15-34-25(30)18-8-10-20(11-9-18)27-24(29)19-7-6-14-28(17-19)35(31,32)21-12-13-23(33-4-2)22(26)16-21/h8-13,16,19H,3-7,14-15,17H2,1-2H3,(H,27,29)/t19-/m0/s1. The number of ether oxygens (including phenoxy) is 2. The normalized spacial score (nSPS) is 16.5. The lowest BCUT2D eigenvalue weighted by Crippen LogP contribution is -2.43. The molecule has 0 radical (unpaired) electrons. The summed E-state index contributed by atoms with van der Waals surface area (Å²) in [5.41, 5.74) is 0.932. The Kier molecular flexibility index (Phi) is 9.54. The first-order valence-corrected chi connectivity index (χ1v) is 13.6. The molecular formula is C25H31ClN2O6S. The quantitative estimate of drug-likeness (QED) is 0.357. The van der Waals surface area contributed by atoms with Gasteiger partial charge in [0.05, 0.1) is 34.6 Å². The van der Waals surface area contributed by atoms with Gasteiger partial charge in [0.15, 0.2) is 0 Å². The van der Waals surface area contributed by atoms with Gasteiger partial charge in [0, 0.05) is 18.8 Å². The lowest BCUT2D eigenvalue weighted by Gasteiger charge is -2.31. The van der Waals surface area contributed by atoms with Crippen molar-refractivity contribution in [1.82, 2.24) is 4.31 Å². The van der Waals surface area contributed by atoms with E-state index in [9.17, 15) is 18.0 Å². The van der Waals surface area contributed by atoms with Crippen molar-refractivity contribution in [2.45, 2.75) is 44.4 Å². The molecule has 8 nitrogen and oxygen atoms in total. The summed E-state index contributed by atoms with van der Waals surface area (Å²) in [7, 11) is -3.82. The highest BCUT2D eigenvalue weighted by Gasteiger charge is 2.33. The number of hydrogen-bond acceptors (Lipinski definition) is 6. The van der Waals surface area contributed by atoms with Crippen molar-refractivity contribution in [2.75, 3.05) is 31.6 Å². The summed E-state index contributed by atoms with van der Waals surface area (Å²) in [4.78, 5) is 25.0. The second kappa shape index (κ2) is 12.4. The van der Waals surface area contributed by atoms with Crippen LogP contribution < -0.4 is 10.1 Å². The highest BCUT2D eigenvalue weighted by Crippen LogP contribution is 2.30. The van der Waals surface area contributed by atoms with Crippen LogP contribution in [0.4, 0.5) is 5.69 Å². The molecule has 0 spiro atoms. The monoisotopic (exact) mass is 522 g/mol. The molecule has 3 rings (SSSR count). The van der Waals surface area contributed by atoms with Crippen molar-refractivity contribution < 1.29 is 27.5 Å². The first kappa shape index (κ1) is 27.0. The molecule has 1 amide bonds. The minimum Gasteiger partial charge on any atom is -0.492 e. The topological polar surface area (TPSA) is 102 Å². The van der Waals surface area contributed by atoms with Gasteiger partial charge in [-0.25, -0.2) is 13.2 Å². The molecule has 1 atom stereocenters. The van der Waals surface area contributed by atoms with Crippen molar-refractivity contribution in [3.8, 4) is 5.75 Å². The van der Waals surface area contributed by atoms with E-state index in [-0.39, 0.29) is 22.4 Å². The van der Waals surface area contributed by atoms with Crippen LogP contribution in [0.2, 0.25) is 5.02 Å². The van der Waals surface area contributed by atoms with E-state index in [1.807, 2.05) is 13.8 Å². The molecule has 0 unspecified atom stereocenters. The van der Waals surface area contributed by atoms with Crippen LogP contribution in [0.25, 0.3) is 0 Å². The van der Waals surface area contributed by atoms with E-state index in [4.69, 9.17) is 21.1 Å². The van der Waals surface area contributed by atoms with Crippen molar-refractivity contribution >= 4 is 39.2 Å². The maximum atomic E-state index is 13.2. The Morgan fingerprint density at radius 3 is 2.54 bits per heavy atom. The number of esters is 1. The zero-order valence-corrected chi connectivity index (χ0v) is 21.5. The summed E-state index contributed by atoms with van der Waals surface area (Å²) >= 11 is 6.18. The number of anilines is 1. The second-order valence-corrected chi connectivity index (χ2v) is 10.6. The molecule has 0 bridgehead atoms. The van der Waals surface area contributed by atoms with Gasteiger partial charge in [-0.15, -0.1) is 0 Å². The molecule has 35 heavy (non-hydrogen) atoms. The minimum atomic E-state index is -3.82. The number of halogens is 1. The Labute approximate surface area is 211 Å². The van der Waals surface area contributed by atoms with Crippen LogP contribution in [0.3, 0.4) is 0 Å². The lowest BCUT2D eigenvalue weighted by atomic mass is 9.98. The molecule has 1 saturated heterocycles. The second-order valence-electron chi connectivity index (χ2n) is 8.28. The summed E-state index contributed by atoms with van der Waals surface area (Å²) in [6.45, 7) is 5.02. The maximum Gasteiger partial charge on any atom is 0.338 e. The molecule has 1 fully saturated rings. The molecule has 190 valence electrons. The molecule has 2 aromatic carbocycles. The van der Waals surface area contributed by atoms with Gasteiger partial charge in [-0.05, 0) is 68.7 Å². The van der Waals surface area contributed by atoms with Crippen LogP contribution in [0.5, 0.6) is 5.75 Å². The number of nitrogens with zero attached hydrogens (tertiary/aromatic N) is 1. The molecule has 1 N–H and O–H groups in total. The predicted octanol–water partition coefficient (Wildman–Crippen LogP) is 4.74. The number of amides is 1. The minimum absolute atomic E-state index is 0.0634. The van der Waals surface area contributed by atoms with E-state index < -0.39 is 21.9 Å². The van der Waals surface area contributed by atoms with E-state index in [0.29, 0.717) is 49.6 Å². The molecule has 1 aliphatic heterocycles. The van der Waals surface area contributed by atoms with Crippen molar-refractivity contribution in [1.29, 1.82) is 0 Å². The molecule has 0 aliphatic carbocycles. The highest BCUT2D eigenvalue weighted by atomic mass is 35.5. The summed E-state index contributed by atoms with van der Waals surface area (Å²) in [6.07, 6.45) is 2.88. The largest absolute Gasteiger partial charge is 0.492 e. The summed E-state index contributed by atoms with van der Waals surface area (Å²) in [5, 5.41) is 3.04. The van der Waals surface area contributed by atoms with Crippen molar-refractivity contribution in [3.05, 3.63) is 53.1 Å². The molecule has 1 aliphatic rings. The van der Waals surface area contributed by atoms with Gasteiger partial charge in [-0.3, -0.25) is 4.79 Å². The van der Waals surface area contributed by atoms with Gasteiger partial charge in [0.25, 0.3) is 0 Å². The zero-order chi connectivity index (χ0) is 25.4. The zero-order valence-electron chi connectivity index (χ0n) is 20.0. The SMILES string of the molecule is CCCCOC(=O)c1ccc(NC(=O)[C@H]2CCCN(S(=O)(=O)c3ccc(OCC)c(Cl)c3)C2)cc1. The van der Waals surface area contributed by atoms with E-state index in [1.165, 1.54) is 22.5 Å². The molecule has 0 aromatic heterocycles. The number of piperidine rings is 1. The number of sulfonamides is 1. The fourth-order valence-corrected chi connectivity index (χ4v) is 5.62. The van der Waals surface area contributed by atoms with Crippen LogP contribution >= 0.6 is 11.6 Å². The van der Waals surface area contributed by atoms with E-state index in [1.54, 1.807) is 24.3 Å². The third-order valence-corrected chi connectivity index (χ3v) is 7.87. The fourth-order valence-electron chi connectivity index (χ4n) is 3.76. The van der Waals surface area contributed by atoms with Crippen LogP contribution in [-0.2, 0) is 19.6 Å². The number of carbonyl (C=O) groups excluding carboxylic acids is 2. The fraction of sp³-hybridized carbons (Fsp3) is 0.440. The molecule has 10 heteroatoms. The maximum absolute atomic E-state index is 13.2. The summed E-state index contributed by atoms with van der Waals surface area (Å²) in [5.74, 6) is -0.758. The summed E-state index contributed by atoms with van der Waals surface area (Å²) in [6, 6.07) is 10.8.